The third-order valence-electron chi connectivity index (χ3n) is 6.39. The van der Waals surface area contributed by atoms with E-state index in [0.717, 1.165) is 23.3 Å². The van der Waals surface area contributed by atoms with E-state index >= 15 is 0 Å². The number of hydrogen-bond acceptors (Lipinski definition) is 4. The quantitative estimate of drug-likeness (QED) is 0.363. The van der Waals surface area contributed by atoms with E-state index in [-0.39, 0.29) is 18.6 Å². The van der Waals surface area contributed by atoms with Crippen LogP contribution in [0.3, 0.4) is 0 Å². The first-order chi connectivity index (χ1) is 17.9. The number of carbonyl (C=O) groups is 1. The molecule has 0 saturated heterocycles. The van der Waals surface area contributed by atoms with Gasteiger partial charge in [0.05, 0.1) is 5.56 Å². The number of likely N-dealkylation sites (N-methyl/N-ethyl adjacent to an activating group) is 1. The van der Waals surface area contributed by atoms with Crippen LogP contribution >= 0.6 is 0 Å². The van der Waals surface area contributed by atoms with E-state index in [9.17, 15) is 18.0 Å². The fourth-order valence-corrected chi connectivity index (χ4v) is 4.52. The second-order valence-corrected chi connectivity index (χ2v) is 8.79. The maximum absolute atomic E-state index is 13.1. The molecule has 0 aliphatic carbocycles. The molecular formula is C29H29F3N2O3. The van der Waals surface area contributed by atoms with Gasteiger partial charge >= 0.3 is 6.18 Å². The average molecular weight is 511 g/mol. The molecule has 3 aromatic carbocycles. The first-order valence-corrected chi connectivity index (χ1v) is 12.0. The molecule has 194 valence electrons. The van der Waals surface area contributed by atoms with Crippen LogP contribution in [-0.2, 0) is 27.0 Å². The number of hydrogen-bond donors (Lipinski definition) is 1. The van der Waals surface area contributed by atoms with Crippen LogP contribution in [0.1, 0.15) is 40.6 Å². The van der Waals surface area contributed by atoms with Gasteiger partial charge in [0.15, 0.2) is 0 Å². The Balaban J connectivity index is 1.65. The van der Waals surface area contributed by atoms with Gasteiger partial charge in [-0.15, -0.1) is 0 Å². The van der Waals surface area contributed by atoms with Gasteiger partial charge in [-0.2, -0.15) is 13.2 Å². The smallest absolute Gasteiger partial charge is 0.416 e. The lowest BCUT2D eigenvalue weighted by Gasteiger charge is -2.32. The second kappa shape index (κ2) is 12.0. The number of amides is 1. The predicted octanol–water partition coefficient (Wildman–Crippen LogP) is 6.01. The number of rotatable bonds is 10. The maximum Gasteiger partial charge on any atom is 0.416 e. The zero-order valence-electron chi connectivity index (χ0n) is 20.4. The van der Waals surface area contributed by atoms with Gasteiger partial charge in [0.2, 0.25) is 12.7 Å². The van der Waals surface area contributed by atoms with E-state index in [0.29, 0.717) is 30.8 Å². The third kappa shape index (κ3) is 6.71. The number of allylic oxidation sites excluding steroid dienone is 1. The van der Waals surface area contributed by atoms with Crippen molar-refractivity contribution in [2.24, 2.45) is 0 Å². The number of carbonyl (C=O) groups excluding carboxylic acids is 1. The van der Waals surface area contributed by atoms with E-state index < -0.39 is 17.8 Å². The van der Waals surface area contributed by atoms with Crippen molar-refractivity contribution >= 4 is 5.91 Å². The first kappa shape index (κ1) is 26.3. The summed E-state index contributed by atoms with van der Waals surface area (Å²) in [7, 11) is 1.61. The Morgan fingerprint density at radius 2 is 1.59 bits per heavy atom. The van der Waals surface area contributed by atoms with Gasteiger partial charge in [-0.1, -0.05) is 72.8 Å². The van der Waals surface area contributed by atoms with E-state index in [2.05, 4.69) is 10.2 Å². The largest absolute Gasteiger partial charge is 0.462 e. The summed E-state index contributed by atoms with van der Waals surface area (Å²) in [6, 6.07) is 23.9. The molecule has 0 spiro atoms. The molecular weight excluding hydrogens is 481 g/mol. The molecule has 0 saturated carbocycles. The zero-order valence-corrected chi connectivity index (χ0v) is 20.4. The van der Waals surface area contributed by atoms with E-state index in [1.807, 2.05) is 60.7 Å². The molecule has 1 aliphatic rings. The molecule has 1 N–H and O–H groups in total. The number of alkyl halides is 3. The van der Waals surface area contributed by atoms with Gasteiger partial charge in [-0.05, 0) is 35.2 Å². The van der Waals surface area contributed by atoms with Crippen LogP contribution in [0.2, 0.25) is 0 Å². The molecule has 1 heterocycles. The van der Waals surface area contributed by atoms with E-state index in [1.165, 1.54) is 18.4 Å². The number of ether oxygens (including phenoxy) is 2. The third-order valence-corrected chi connectivity index (χ3v) is 6.39. The van der Waals surface area contributed by atoms with Crippen molar-refractivity contribution in [3.8, 4) is 0 Å². The molecule has 2 atom stereocenters. The molecule has 3 aromatic rings. The van der Waals surface area contributed by atoms with Gasteiger partial charge in [-0.3, -0.25) is 9.69 Å². The number of nitrogens with zero attached hydrogens (tertiary/aromatic N) is 1. The fraction of sp³-hybridized carbons (Fsp3) is 0.276. The summed E-state index contributed by atoms with van der Waals surface area (Å²) in [5.41, 5.74) is 1.87. The van der Waals surface area contributed by atoms with Crippen LogP contribution in [0, 0.1) is 0 Å². The van der Waals surface area contributed by atoms with Crippen LogP contribution in [0.15, 0.2) is 97.0 Å². The molecule has 1 amide bonds. The van der Waals surface area contributed by atoms with Crippen LogP contribution in [-0.4, -0.2) is 31.2 Å². The lowest BCUT2D eigenvalue weighted by Crippen LogP contribution is -2.40. The van der Waals surface area contributed by atoms with Crippen molar-refractivity contribution in [1.29, 1.82) is 0 Å². The fourth-order valence-electron chi connectivity index (χ4n) is 4.52. The standard InChI is InChI=1S/C29H29F3N2O3/c1-33-28(35)27(23-10-6-3-7-11-23)34(18-21-8-4-2-5-9-21)17-16-25(26-19-36-20-37-26)22-12-14-24(15-13-22)29(30,31)32/h2-15,19,25,27H,16-18,20H2,1H3,(H,33,35)/t25?,27-/m1/s1. The normalized spacial score (nSPS) is 14.9. The van der Waals surface area contributed by atoms with Gasteiger partial charge in [-0.25, -0.2) is 0 Å². The molecule has 0 radical (unpaired) electrons. The monoisotopic (exact) mass is 510 g/mol. The van der Waals surface area contributed by atoms with Gasteiger partial charge in [0, 0.05) is 26.1 Å². The zero-order chi connectivity index (χ0) is 26.3. The molecule has 1 aliphatic heterocycles. The topological polar surface area (TPSA) is 50.8 Å². The number of benzene rings is 3. The van der Waals surface area contributed by atoms with Crippen molar-refractivity contribution in [2.75, 3.05) is 20.4 Å². The Bertz CT molecular complexity index is 1180. The average Bonchev–Trinajstić information content (AvgIpc) is 3.44. The molecule has 8 heteroatoms. The van der Waals surface area contributed by atoms with Crippen molar-refractivity contribution in [3.63, 3.8) is 0 Å². The van der Waals surface area contributed by atoms with Gasteiger partial charge in [0.25, 0.3) is 0 Å². The van der Waals surface area contributed by atoms with Crippen molar-refractivity contribution in [1.82, 2.24) is 10.2 Å². The first-order valence-electron chi connectivity index (χ1n) is 12.0. The van der Waals surface area contributed by atoms with Crippen molar-refractivity contribution in [3.05, 3.63) is 119 Å². The highest BCUT2D eigenvalue weighted by molar-refractivity contribution is 5.82. The summed E-state index contributed by atoms with van der Waals surface area (Å²) in [4.78, 5) is 15.2. The molecule has 5 nitrogen and oxygen atoms in total. The maximum atomic E-state index is 13.1. The van der Waals surface area contributed by atoms with E-state index in [4.69, 9.17) is 9.47 Å². The van der Waals surface area contributed by atoms with Crippen molar-refractivity contribution in [2.45, 2.75) is 31.1 Å². The Morgan fingerprint density at radius 3 is 2.16 bits per heavy atom. The summed E-state index contributed by atoms with van der Waals surface area (Å²) < 4.78 is 50.3. The Hall–Kier alpha value is -3.78. The van der Waals surface area contributed by atoms with E-state index in [1.54, 1.807) is 7.05 Å². The minimum atomic E-state index is -4.41. The lowest BCUT2D eigenvalue weighted by molar-refractivity contribution is -0.137. The number of halogens is 3. The minimum Gasteiger partial charge on any atom is -0.462 e. The Morgan fingerprint density at radius 1 is 0.946 bits per heavy atom. The highest BCUT2D eigenvalue weighted by Crippen LogP contribution is 2.35. The SMILES string of the molecule is CNC(=O)[C@@H](c1ccccc1)N(CCC(C1=COCO1)c1ccc(C(F)(F)F)cc1)Cc1ccccc1. The molecule has 1 unspecified atom stereocenters. The summed E-state index contributed by atoms with van der Waals surface area (Å²) in [5, 5.41) is 2.78. The van der Waals surface area contributed by atoms with Crippen LogP contribution in [0.5, 0.6) is 0 Å². The summed E-state index contributed by atoms with van der Waals surface area (Å²) >= 11 is 0. The van der Waals surface area contributed by atoms with Crippen LogP contribution in [0.4, 0.5) is 13.2 Å². The van der Waals surface area contributed by atoms with Crippen LogP contribution < -0.4 is 5.32 Å². The Kier molecular flexibility index (Phi) is 8.50. The molecule has 0 fully saturated rings. The molecule has 4 rings (SSSR count). The second-order valence-electron chi connectivity index (χ2n) is 8.79. The Labute approximate surface area is 214 Å². The molecule has 0 bridgehead atoms. The number of nitrogens with one attached hydrogen (secondary N) is 1. The molecule has 37 heavy (non-hydrogen) atoms. The minimum absolute atomic E-state index is 0.0606. The summed E-state index contributed by atoms with van der Waals surface area (Å²) in [5.74, 6) is 0.0627. The highest BCUT2D eigenvalue weighted by atomic mass is 19.4. The summed E-state index contributed by atoms with van der Waals surface area (Å²) in [6.07, 6.45) is -2.41. The van der Waals surface area contributed by atoms with Gasteiger partial charge < -0.3 is 14.8 Å². The predicted molar refractivity (Wildman–Crippen MR) is 134 cm³/mol. The lowest BCUT2D eigenvalue weighted by atomic mass is 9.92. The van der Waals surface area contributed by atoms with Crippen molar-refractivity contribution < 1.29 is 27.4 Å². The highest BCUT2D eigenvalue weighted by Gasteiger charge is 2.32. The molecule has 0 aromatic heterocycles. The summed E-state index contributed by atoms with van der Waals surface area (Å²) in [6.45, 7) is 1.03. The van der Waals surface area contributed by atoms with Gasteiger partial charge in [0.1, 0.15) is 18.1 Å². The van der Waals surface area contributed by atoms with Crippen LogP contribution in [0.25, 0.3) is 0 Å².